The van der Waals surface area contributed by atoms with Gasteiger partial charge in [-0.25, -0.2) is 4.98 Å². The predicted molar refractivity (Wildman–Crippen MR) is 111 cm³/mol. The van der Waals surface area contributed by atoms with E-state index in [-0.39, 0.29) is 5.91 Å². The lowest BCUT2D eigenvalue weighted by Crippen LogP contribution is -2.44. The number of carbonyl (C=O) groups excluding carboxylic acids is 1. The molecular weight excluding hydrogens is 336 g/mol. The van der Waals surface area contributed by atoms with Gasteiger partial charge in [-0.15, -0.1) is 0 Å². The molecule has 4 rings (SSSR count). The van der Waals surface area contributed by atoms with Crippen molar-refractivity contribution in [3.05, 3.63) is 65.9 Å². The molecule has 1 amide bonds. The van der Waals surface area contributed by atoms with Crippen molar-refractivity contribution in [2.75, 3.05) is 43.4 Å². The fourth-order valence-corrected chi connectivity index (χ4v) is 3.52. The average Bonchev–Trinajstić information content (AvgIpc) is 2.68. The highest BCUT2D eigenvalue weighted by Crippen LogP contribution is 2.25. The van der Waals surface area contributed by atoms with E-state index in [1.165, 1.54) is 11.3 Å². The summed E-state index contributed by atoms with van der Waals surface area (Å²) in [5.41, 5.74) is 4.46. The highest BCUT2D eigenvalue weighted by Gasteiger charge is 2.16. The smallest absolute Gasteiger partial charge is 0.274 e. The van der Waals surface area contributed by atoms with Crippen LogP contribution in [0.2, 0.25) is 0 Å². The van der Waals surface area contributed by atoms with Gasteiger partial charge in [0.2, 0.25) is 0 Å². The van der Waals surface area contributed by atoms with Crippen molar-refractivity contribution in [3.63, 3.8) is 0 Å². The molecule has 1 aliphatic heterocycles. The number of aromatic nitrogens is 1. The minimum atomic E-state index is -0.187. The number of amides is 1. The molecule has 1 saturated heterocycles. The summed E-state index contributed by atoms with van der Waals surface area (Å²) in [7, 11) is 2.16. The third-order valence-corrected chi connectivity index (χ3v) is 5.13. The number of benzene rings is 2. The van der Waals surface area contributed by atoms with Gasteiger partial charge < -0.3 is 15.1 Å². The van der Waals surface area contributed by atoms with Crippen molar-refractivity contribution in [2.45, 2.75) is 6.92 Å². The van der Waals surface area contributed by atoms with Crippen LogP contribution >= 0.6 is 0 Å². The number of carbonyl (C=O) groups is 1. The van der Waals surface area contributed by atoms with Crippen LogP contribution in [0.4, 0.5) is 11.4 Å². The van der Waals surface area contributed by atoms with Crippen LogP contribution in [0.15, 0.2) is 54.6 Å². The topological polar surface area (TPSA) is 48.5 Å². The van der Waals surface area contributed by atoms with Gasteiger partial charge in [0.15, 0.2) is 0 Å². The molecule has 0 bridgehead atoms. The Labute approximate surface area is 159 Å². The van der Waals surface area contributed by atoms with Crippen molar-refractivity contribution >= 4 is 28.2 Å². The lowest BCUT2D eigenvalue weighted by Gasteiger charge is -2.35. The van der Waals surface area contributed by atoms with Crippen LogP contribution in [0.25, 0.3) is 10.9 Å². The van der Waals surface area contributed by atoms with E-state index in [0.29, 0.717) is 5.69 Å². The first-order valence-corrected chi connectivity index (χ1v) is 9.31. The Morgan fingerprint density at radius 3 is 2.56 bits per heavy atom. The summed E-state index contributed by atoms with van der Waals surface area (Å²) in [6.07, 6.45) is 0. The molecule has 5 nitrogen and oxygen atoms in total. The Morgan fingerprint density at radius 1 is 1.00 bits per heavy atom. The number of nitrogens with zero attached hydrogens (tertiary/aromatic N) is 3. The van der Waals surface area contributed by atoms with Crippen molar-refractivity contribution in [3.8, 4) is 0 Å². The van der Waals surface area contributed by atoms with E-state index in [1.807, 2.05) is 42.5 Å². The van der Waals surface area contributed by atoms with Crippen LogP contribution in [-0.2, 0) is 0 Å². The van der Waals surface area contributed by atoms with E-state index in [4.69, 9.17) is 0 Å². The fourth-order valence-electron chi connectivity index (χ4n) is 3.52. The normalized spacial score (nSPS) is 15.1. The van der Waals surface area contributed by atoms with Gasteiger partial charge in [0, 0.05) is 42.9 Å². The van der Waals surface area contributed by atoms with E-state index in [0.717, 1.165) is 42.8 Å². The first kappa shape index (κ1) is 17.5. The van der Waals surface area contributed by atoms with Gasteiger partial charge in [0.25, 0.3) is 5.91 Å². The standard InChI is InChI=1S/C22H24N4O/c1-16-15-18(8-10-21(16)26-13-11-25(2)12-14-26)23-22(27)20-9-7-17-5-3-4-6-19(17)24-20/h3-10,15H,11-14H2,1-2H3,(H,23,27). The molecule has 1 fully saturated rings. The number of pyridine rings is 1. The Kier molecular flexibility index (Phi) is 4.77. The molecule has 0 aliphatic carbocycles. The van der Waals surface area contributed by atoms with Crippen LogP contribution in [0.3, 0.4) is 0 Å². The predicted octanol–water partition coefficient (Wildman–Crippen LogP) is 3.55. The van der Waals surface area contributed by atoms with Crippen molar-refractivity contribution in [2.24, 2.45) is 0 Å². The van der Waals surface area contributed by atoms with Gasteiger partial charge in [0.1, 0.15) is 5.69 Å². The third-order valence-electron chi connectivity index (χ3n) is 5.13. The van der Waals surface area contributed by atoms with E-state index in [9.17, 15) is 4.79 Å². The lowest BCUT2D eigenvalue weighted by molar-refractivity contribution is 0.102. The lowest BCUT2D eigenvalue weighted by atomic mass is 10.1. The van der Waals surface area contributed by atoms with Crippen LogP contribution < -0.4 is 10.2 Å². The van der Waals surface area contributed by atoms with Crippen LogP contribution in [-0.4, -0.2) is 49.0 Å². The Balaban J connectivity index is 1.50. The molecule has 0 atom stereocenters. The molecule has 1 aromatic heterocycles. The zero-order valence-corrected chi connectivity index (χ0v) is 15.8. The largest absolute Gasteiger partial charge is 0.369 e. The maximum Gasteiger partial charge on any atom is 0.274 e. The number of nitrogens with one attached hydrogen (secondary N) is 1. The number of likely N-dealkylation sites (N-methyl/N-ethyl adjacent to an activating group) is 1. The summed E-state index contributed by atoms with van der Waals surface area (Å²) in [5, 5.41) is 4.00. The van der Waals surface area contributed by atoms with E-state index in [2.05, 4.69) is 40.1 Å². The molecule has 2 heterocycles. The van der Waals surface area contributed by atoms with Crippen LogP contribution in [0.1, 0.15) is 16.1 Å². The second kappa shape index (κ2) is 7.37. The Bertz CT molecular complexity index is 977. The van der Waals surface area contributed by atoms with Gasteiger partial charge in [0.05, 0.1) is 5.52 Å². The third kappa shape index (κ3) is 3.78. The quantitative estimate of drug-likeness (QED) is 0.776. The van der Waals surface area contributed by atoms with Crippen LogP contribution in [0.5, 0.6) is 0 Å². The number of anilines is 2. The average molecular weight is 360 g/mol. The van der Waals surface area contributed by atoms with Gasteiger partial charge in [-0.05, 0) is 49.9 Å². The number of para-hydroxylation sites is 1. The molecule has 0 unspecified atom stereocenters. The number of hydrogen-bond acceptors (Lipinski definition) is 4. The van der Waals surface area contributed by atoms with Gasteiger partial charge >= 0.3 is 0 Å². The maximum atomic E-state index is 12.6. The molecule has 0 spiro atoms. The van der Waals surface area contributed by atoms with Crippen LogP contribution in [0, 0.1) is 6.92 Å². The number of fused-ring (bicyclic) bond motifs is 1. The number of hydrogen-bond donors (Lipinski definition) is 1. The summed E-state index contributed by atoms with van der Waals surface area (Å²) in [6.45, 7) is 6.31. The molecule has 5 heteroatoms. The molecule has 27 heavy (non-hydrogen) atoms. The summed E-state index contributed by atoms with van der Waals surface area (Å²) >= 11 is 0. The van der Waals surface area contributed by atoms with Crippen molar-refractivity contribution in [1.82, 2.24) is 9.88 Å². The first-order chi connectivity index (χ1) is 13.1. The molecular formula is C22H24N4O. The van der Waals surface area contributed by atoms with E-state index < -0.39 is 0 Å². The van der Waals surface area contributed by atoms with E-state index >= 15 is 0 Å². The number of rotatable bonds is 3. The van der Waals surface area contributed by atoms with E-state index in [1.54, 1.807) is 6.07 Å². The Hall–Kier alpha value is -2.92. The van der Waals surface area contributed by atoms with Gasteiger partial charge in [-0.1, -0.05) is 24.3 Å². The minimum absolute atomic E-state index is 0.187. The molecule has 1 N–H and O–H groups in total. The fraction of sp³-hybridized carbons (Fsp3) is 0.273. The molecule has 0 saturated carbocycles. The number of piperazine rings is 1. The zero-order valence-electron chi connectivity index (χ0n) is 15.8. The maximum absolute atomic E-state index is 12.6. The van der Waals surface area contributed by atoms with Crippen molar-refractivity contribution < 1.29 is 4.79 Å². The molecule has 138 valence electrons. The summed E-state index contributed by atoms with van der Waals surface area (Å²) in [5.74, 6) is -0.187. The van der Waals surface area contributed by atoms with Gasteiger partial charge in [-0.2, -0.15) is 0 Å². The zero-order chi connectivity index (χ0) is 18.8. The summed E-state index contributed by atoms with van der Waals surface area (Å²) < 4.78 is 0. The summed E-state index contributed by atoms with van der Waals surface area (Å²) in [4.78, 5) is 21.8. The summed E-state index contributed by atoms with van der Waals surface area (Å²) in [6, 6.07) is 17.6. The molecule has 3 aromatic rings. The second-order valence-electron chi connectivity index (χ2n) is 7.13. The minimum Gasteiger partial charge on any atom is -0.369 e. The molecule has 2 aromatic carbocycles. The number of aryl methyl sites for hydroxylation is 1. The SMILES string of the molecule is Cc1cc(NC(=O)c2ccc3ccccc3n2)ccc1N1CCN(C)CC1. The highest BCUT2D eigenvalue weighted by molar-refractivity contribution is 6.04. The van der Waals surface area contributed by atoms with Gasteiger partial charge in [-0.3, -0.25) is 4.79 Å². The Morgan fingerprint density at radius 2 is 1.78 bits per heavy atom. The van der Waals surface area contributed by atoms with Crippen molar-refractivity contribution in [1.29, 1.82) is 0 Å². The monoisotopic (exact) mass is 360 g/mol. The second-order valence-corrected chi connectivity index (χ2v) is 7.13. The molecule has 0 radical (unpaired) electrons. The molecule has 1 aliphatic rings. The first-order valence-electron chi connectivity index (χ1n) is 9.31. The highest BCUT2D eigenvalue weighted by atomic mass is 16.1.